The Bertz CT molecular complexity index is 1280. The summed E-state index contributed by atoms with van der Waals surface area (Å²) in [6.07, 6.45) is 62.0. The van der Waals surface area contributed by atoms with Crippen LogP contribution in [0.4, 0.5) is 0 Å². The first-order chi connectivity index (χ1) is 30.6. The summed E-state index contributed by atoms with van der Waals surface area (Å²) >= 11 is 0. The van der Waals surface area contributed by atoms with Crippen LogP contribution in [0.1, 0.15) is 194 Å². The van der Waals surface area contributed by atoms with Gasteiger partial charge in [0.2, 0.25) is 0 Å². The minimum atomic E-state index is -4.29. The minimum Gasteiger partial charge on any atom is -0.457 e. The number of carbonyl (C=O) groups is 1. The first kappa shape index (κ1) is 60.7. The number of hydrogen-bond donors (Lipinski definition) is 1. The zero-order valence-corrected chi connectivity index (χ0v) is 42.2. The highest BCUT2D eigenvalue weighted by molar-refractivity contribution is 7.47. The van der Waals surface area contributed by atoms with Crippen molar-refractivity contribution in [2.24, 2.45) is 0 Å². The summed E-state index contributed by atoms with van der Waals surface area (Å²) in [5, 5.41) is 0. The highest BCUT2D eigenvalue weighted by atomic mass is 31.2. The molecule has 2 atom stereocenters. The molecule has 0 aliphatic rings. The molecule has 0 rings (SSSR count). The van der Waals surface area contributed by atoms with Gasteiger partial charge in [0, 0.05) is 13.0 Å². The Morgan fingerprint density at radius 3 is 1.40 bits per heavy atom. The van der Waals surface area contributed by atoms with Gasteiger partial charge in [-0.05, 0) is 89.9 Å². The third-order valence-electron chi connectivity index (χ3n) is 10.4. The Kier molecular flexibility index (Phi) is 44.5. The van der Waals surface area contributed by atoms with E-state index in [4.69, 9.17) is 18.5 Å². The third kappa shape index (κ3) is 50.5. The lowest BCUT2D eigenvalue weighted by molar-refractivity contribution is -0.870. The molecule has 0 amide bonds. The standard InChI is InChI=1S/C54H96NO7P/c1-6-8-10-12-14-16-18-20-22-24-26-27-28-29-30-31-33-35-37-39-41-43-45-47-54(56)62-53(52-61-63(57,58)60-50-48-55(3,4)5)51-59-49-46-44-42-40-38-36-34-32-25-23-21-19-17-15-13-11-9-7-2/h8,10,14,16,20-23,26-27,29-30,33,35,53H,6-7,9,11-13,15,17-19,24-25,28,31-32,34,36-52H2,1-5H3/p+1/b10-8-,16-14-,22-20-,23-21-,27-26-,30-29-,35-33-. The van der Waals surface area contributed by atoms with Gasteiger partial charge in [-0.2, -0.15) is 0 Å². The predicted octanol–water partition coefficient (Wildman–Crippen LogP) is 15.6. The summed E-state index contributed by atoms with van der Waals surface area (Å²) in [7, 11) is 1.64. The van der Waals surface area contributed by atoms with Crippen molar-refractivity contribution in [1.29, 1.82) is 0 Å². The summed E-state index contributed by atoms with van der Waals surface area (Å²) < 4.78 is 35.1. The lowest BCUT2D eigenvalue weighted by atomic mass is 10.1. The lowest BCUT2D eigenvalue weighted by Gasteiger charge is -2.24. The van der Waals surface area contributed by atoms with E-state index in [0.717, 1.165) is 83.5 Å². The summed E-state index contributed by atoms with van der Waals surface area (Å²) in [4.78, 5) is 23.0. The van der Waals surface area contributed by atoms with Crippen molar-refractivity contribution in [1.82, 2.24) is 0 Å². The third-order valence-corrected chi connectivity index (χ3v) is 11.4. The van der Waals surface area contributed by atoms with E-state index in [1.807, 2.05) is 21.1 Å². The van der Waals surface area contributed by atoms with E-state index in [1.54, 1.807) is 0 Å². The second kappa shape index (κ2) is 46.2. The van der Waals surface area contributed by atoms with Crippen LogP contribution in [0.25, 0.3) is 0 Å². The maximum atomic E-state index is 12.8. The average Bonchev–Trinajstić information content (AvgIpc) is 3.24. The first-order valence-electron chi connectivity index (χ1n) is 25.3. The van der Waals surface area contributed by atoms with Crippen LogP contribution in [0.3, 0.4) is 0 Å². The van der Waals surface area contributed by atoms with Gasteiger partial charge < -0.3 is 18.9 Å². The van der Waals surface area contributed by atoms with E-state index in [0.29, 0.717) is 24.1 Å². The number of ether oxygens (including phenoxy) is 2. The average molecular weight is 903 g/mol. The van der Waals surface area contributed by atoms with Gasteiger partial charge in [-0.3, -0.25) is 13.8 Å². The molecule has 0 fully saturated rings. The fourth-order valence-corrected chi connectivity index (χ4v) is 7.29. The van der Waals surface area contributed by atoms with E-state index in [-0.39, 0.29) is 25.8 Å². The Morgan fingerprint density at radius 2 is 0.921 bits per heavy atom. The van der Waals surface area contributed by atoms with Gasteiger partial charge in [-0.1, -0.05) is 182 Å². The molecule has 2 unspecified atom stereocenters. The summed E-state index contributed by atoms with van der Waals surface area (Å²) in [6, 6.07) is 0. The van der Waals surface area contributed by atoms with Gasteiger partial charge in [0.15, 0.2) is 0 Å². The van der Waals surface area contributed by atoms with E-state index < -0.39 is 13.9 Å². The minimum absolute atomic E-state index is 0.0784. The monoisotopic (exact) mass is 903 g/mol. The van der Waals surface area contributed by atoms with Crippen molar-refractivity contribution >= 4 is 13.8 Å². The van der Waals surface area contributed by atoms with Crippen LogP contribution in [0.5, 0.6) is 0 Å². The highest BCUT2D eigenvalue weighted by Crippen LogP contribution is 2.43. The molecule has 1 N–H and O–H groups in total. The molecule has 0 aliphatic carbocycles. The molecule has 9 heteroatoms. The van der Waals surface area contributed by atoms with Crippen LogP contribution in [0, 0.1) is 0 Å². The molecule has 0 aromatic carbocycles. The molecule has 0 radical (unpaired) electrons. The number of phosphoric acid groups is 1. The van der Waals surface area contributed by atoms with Gasteiger partial charge in [0.1, 0.15) is 19.3 Å². The smallest absolute Gasteiger partial charge is 0.457 e. The predicted molar refractivity (Wildman–Crippen MR) is 270 cm³/mol. The molecule has 0 heterocycles. The topological polar surface area (TPSA) is 91.3 Å². The number of unbranched alkanes of at least 4 members (excludes halogenated alkanes) is 18. The Morgan fingerprint density at radius 1 is 0.508 bits per heavy atom. The largest absolute Gasteiger partial charge is 0.472 e. The molecule has 0 aromatic rings. The highest BCUT2D eigenvalue weighted by Gasteiger charge is 2.26. The molecule has 0 aromatic heterocycles. The maximum absolute atomic E-state index is 12.8. The number of likely N-dealkylation sites (N-methyl/N-ethyl adjacent to an activating group) is 1. The number of esters is 1. The SMILES string of the molecule is CC/C=C\C/C=C\C/C=C\C/C=C\C/C=C\C/C=C\CCCCCCC(=O)OC(COCCCCCCCCCC/C=C\CCCCCCCC)COP(=O)(O)OCC[N+](C)(C)C. The van der Waals surface area contributed by atoms with E-state index in [9.17, 15) is 14.3 Å². The Balaban J connectivity index is 4.25. The molecular formula is C54H97NO7P+. The number of phosphoric ester groups is 1. The summed E-state index contributed by atoms with van der Waals surface area (Å²) in [6.45, 7) is 5.46. The first-order valence-corrected chi connectivity index (χ1v) is 26.8. The zero-order valence-electron chi connectivity index (χ0n) is 41.3. The van der Waals surface area contributed by atoms with Crippen LogP contribution >= 0.6 is 7.82 Å². The lowest BCUT2D eigenvalue weighted by Crippen LogP contribution is -2.37. The second-order valence-corrected chi connectivity index (χ2v) is 19.3. The van der Waals surface area contributed by atoms with Crippen molar-refractivity contribution in [2.75, 3.05) is 54.1 Å². The normalized spacial score (nSPS) is 14.3. The van der Waals surface area contributed by atoms with Crippen molar-refractivity contribution in [3.8, 4) is 0 Å². The Labute approximate surface area is 388 Å². The van der Waals surface area contributed by atoms with Crippen LogP contribution in [0.15, 0.2) is 85.1 Å². The van der Waals surface area contributed by atoms with E-state index in [2.05, 4.69) is 98.9 Å². The summed E-state index contributed by atoms with van der Waals surface area (Å²) in [5.74, 6) is -0.341. The van der Waals surface area contributed by atoms with E-state index >= 15 is 0 Å². The van der Waals surface area contributed by atoms with Crippen LogP contribution in [-0.4, -0.2) is 75.6 Å². The molecule has 0 bridgehead atoms. The molecule has 0 spiro atoms. The molecule has 63 heavy (non-hydrogen) atoms. The van der Waals surface area contributed by atoms with Crippen molar-refractivity contribution in [3.63, 3.8) is 0 Å². The van der Waals surface area contributed by atoms with Crippen LogP contribution < -0.4 is 0 Å². The number of allylic oxidation sites excluding steroid dienone is 14. The number of hydrogen-bond acceptors (Lipinski definition) is 6. The van der Waals surface area contributed by atoms with Gasteiger partial charge in [0.05, 0.1) is 34.4 Å². The van der Waals surface area contributed by atoms with Crippen molar-refractivity contribution in [3.05, 3.63) is 85.1 Å². The van der Waals surface area contributed by atoms with E-state index in [1.165, 1.54) is 89.9 Å². The van der Waals surface area contributed by atoms with Crippen LogP contribution in [0.2, 0.25) is 0 Å². The fraction of sp³-hybridized carbons (Fsp3) is 0.722. The van der Waals surface area contributed by atoms with Crippen molar-refractivity contribution < 1.29 is 37.3 Å². The van der Waals surface area contributed by atoms with Crippen molar-refractivity contribution in [2.45, 2.75) is 200 Å². The van der Waals surface area contributed by atoms with Gasteiger partial charge in [0.25, 0.3) is 0 Å². The molecular weight excluding hydrogens is 806 g/mol. The maximum Gasteiger partial charge on any atom is 0.472 e. The second-order valence-electron chi connectivity index (χ2n) is 17.8. The van der Waals surface area contributed by atoms with Gasteiger partial charge >= 0.3 is 13.8 Å². The number of rotatable bonds is 46. The van der Waals surface area contributed by atoms with Gasteiger partial charge in [-0.15, -0.1) is 0 Å². The molecule has 364 valence electrons. The number of nitrogens with zero attached hydrogens (tertiary/aromatic N) is 1. The van der Waals surface area contributed by atoms with Crippen LogP contribution in [-0.2, 0) is 27.9 Å². The molecule has 0 saturated carbocycles. The van der Waals surface area contributed by atoms with Gasteiger partial charge in [-0.25, -0.2) is 4.57 Å². The summed E-state index contributed by atoms with van der Waals surface area (Å²) in [5.41, 5.74) is 0. The zero-order chi connectivity index (χ0) is 46.2. The number of carbonyl (C=O) groups excluding carboxylic acids is 1. The quantitative estimate of drug-likeness (QED) is 0.0214. The molecule has 8 nitrogen and oxygen atoms in total. The molecule has 0 aliphatic heterocycles. The Hall–Kier alpha value is -2.32. The fourth-order valence-electron chi connectivity index (χ4n) is 6.55. The number of quaternary nitrogens is 1. The molecule has 0 saturated heterocycles.